The second-order valence-electron chi connectivity index (χ2n) is 6.22. The first-order chi connectivity index (χ1) is 10.1. The van der Waals surface area contributed by atoms with Crippen LogP contribution in [0.2, 0.25) is 0 Å². The molecule has 1 fully saturated rings. The van der Waals surface area contributed by atoms with Crippen LogP contribution in [0, 0.1) is 5.41 Å². The molecule has 0 radical (unpaired) electrons. The summed E-state index contributed by atoms with van der Waals surface area (Å²) in [5.41, 5.74) is 7.67. The number of guanidine groups is 1. The molecule has 0 heterocycles. The number of nitrogens with zero attached hydrogens (tertiary/aromatic N) is 1. The summed E-state index contributed by atoms with van der Waals surface area (Å²) in [6, 6.07) is 10.9. The maximum absolute atomic E-state index is 5.97. The van der Waals surface area contributed by atoms with Gasteiger partial charge in [0, 0.05) is 19.7 Å². The summed E-state index contributed by atoms with van der Waals surface area (Å²) >= 11 is 0. The Kier molecular flexibility index (Phi) is 8.17. The molecule has 1 saturated carbocycles. The quantitative estimate of drug-likeness (QED) is 0.408. The van der Waals surface area contributed by atoms with Crippen LogP contribution in [0.15, 0.2) is 35.3 Å². The Hall–Kier alpha value is -0.820. The second-order valence-corrected chi connectivity index (χ2v) is 6.22. The predicted molar refractivity (Wildman–Crippen MR) is 103 cm³/mol. The van der Waals surface area contributed by atoms with Crippen molar-refractivity contribution in [1.82, 2.24) is 5.32 Å². The number of nitrogens with one attached hydrogen (secondary N) is 1. The van der Waals surface area contributed by atoms with Crippen molar-refractivity contribution in [3.8, 4) is 0 Å². The first-order valence-electron chi connectivity index (χ1n) is 7.73. The molecule has 1 aromatic carbocycles. The monoisotopic (exact) mass is 417 g/mol. The Labute approximate surface area is 150 Å². The van der Waals surface area contributed by atoms with Crippen LogP contribution in [-0.4, -0.2) is 32.3 Å². The molecule has 0 saturated heterocycles. The standard InChI is InChI=1S/C17H27N3O.HI/c1-14(12-21-2)20-16(18)19-13-17(9-6-10-17)11-15-7-4-3-5-8-15;/h3-5,7-8,14H,6,9-13H2,1-2H3,(H3,18,19,20);1H. The van der Waals surface area contributed by atoms with Gasteiger partial charge >= 0.3 is 0 Å². The van der Waals surface area contributed by atoms with Gasteiger partial charge in [-0.2, -0.15) is 0 Å². The van der Waals surface area contributed by atoms with Crippen LogP contribution in [-0.2, 0) is 11.2 Å². The van der Waals surface area contributed by atoms with E-state index in [9.17, 15) is 0 Å². The van der Waals surface area contributed by atoms with Gasteiger partial charge in [0.2, 0.25) is 0 Å². The van der Waals surface area contributed by atoms with E-state index in [4.69, 9.17) is 10.5 Å². The average Bonchev–Trinajstić information content (AvgIpc) is 2.43. The van der Waals surface area contributed by atoms with Crippen LogP contribution in [0.5, 0.6) is 0 Å². The topological polar surface area (TPSA) is 59.6 Å². The molecule has 5 heteroatoms. The SMILES string of the molecule is COCC(C)NC(N)=NCC1(Cc2ccccc2)CCC1.I. The van der Waals surface area contributed by atoms with Gasteiger partial charge in [-0.3, -0.25) is 4.99 Å². The number of ether oxygens (including phenoxy) is 1. The second kappa shape index (κ2) is 9.35. The fourth-order valence-electron chi connectivity index (χ4n) is 2.94. The highest BCUT2D eigenvalue weighted by Crippen LogP contribution is 2.43. The van der Waals surface area contributed by atoms with Crippen LogP contribution in [0.4, 0.5) is 0 Å². The summed E-state index contributed by atoms with van der Waals surface area (Å²) in [6.45, 7) is 3.47. The Morgan fingerprint density at radius 3 is 2.59 bits per heavy atom. The molecule has 0 bridgehead atoms. The van der Waals surface area contributed by atoms with Crippen LogP contribution < -0.4 is 11.1 Å². The molecule has 1 atom stereocenters. The summed E-state index contributed by atoms with van der Waals surface area (Å²) in [6.07, 6.45) is 4.88. The summed E-state index contributed by atoms with van der Waals surface area (Å²) in [4.78, 5) is 4.56. The van der Waals surface area contributed by atoms with Gasteiger partial charge in [0.15, 0.2) is 5.96 Å². The smallest absolute Gasteiger partial charge is 0.188 e. The Balaban J connectivity index is 0.00000242. The molecule has 0 aliphatic heterocycles. The fourth-order valence-corrected chi connectivity index (χ4v) is 2.94. The minimum Gasteiger partial charge on any atom is -0.383 e. The lowest BCUT2D eigenvalue weighted by molar-refractivity contribution is 0.145. The van der Waals surface area contributed by atoms with E-state index >= 15 is 0 Å². The number of methoxy groups -OCH3 is 1. The van der Waals surface area contributed by atoms with Gasteiger partial charge in [-0.15, -0.1) is 24.0 Å². The lowest BCUT2D eigenvalue weighted by Gasteiger charge is -2.41. The van der Waals surface area contributed by atoms with Gasteiger partial charge in [0.1, 0.15) is 0 Å². The third kappa shape index (κ3) is 5.76. The number of halogens is 1. The molecule has 3 N–H and O–H groups in total. The van der Waals surface area contributed by atoms with Crippen molar-refractivity contribution in [2.75, 3.05) is 20.3 Å². The number of rotatable bonds is 7. The van der Waals surface area contributed by atoms with Crippen molar-refractivity contribution in [2.24, 2.45) is 16.1 Å². The maximum Gasteiger partial charge on any atom is 0.188 e. The van der Waals surface area contributed by atoms with Crippen molar-refractivity contribution in [2.45, 2.75) is 38.6 Å². The third-order valence-electron chi connectivity index (χ3n) is 4.23. The third-order valence-corrected chi connectivity index (χ3v) is 4.23. The maximum atomic E-state index is 5.97. The lowest BCUT2D eigenvalue weighted by atomic mass is 9.65. The number of aliphatic imine (C=N–C) groups is 1. The molecule has 22 heavy (non-hydrogen) atoms. The Morgan fingerprint density at radius 1 is 1.36 bits per heavy atom. The van der Waals surface area contributed by atoms with E-state index in [0.29, 0.717) is 18.0 Å². The first kappa shape index (κ1) is 19.2. The number of nitrogens with two attached hydrogens (primary N) is 1. The van der Waals surface area contributed by atoms with Gasteiger partial charge in [-0.05, 0) is 37.2 Å². The minimum absolute atomic E-state index is 0. The summed E-state index contributed by atoms with van der Waals surface area (Å²) in [5.74, 6) is 0.527. The van der Waals surface area contributed by atoms with E-state index in [2.05, 4.69) is 40.6 Å². The number of hydrogen-bond donors (Lipinski definition) is 2. The van der Waals surface area contributed by atoms with Crippen LogP contribution >= 0.6 is 24.0 Å². The lowest BCUT2D eigenvalue weighted by Crippen LogP contribution is -2.42. The van der Waals surface area contributed by atoms with E-state index in [1.54, 1.807) is 7.11 Å². The van der Waals surface area contributed by atoms with E-state index in [0.717, 1.165) is 13.0 Å². The molecule has 2 rings (SSSR count). The highest BCUT2D eigenvalue weighted by atomic mass is 127. The molecule has 1 aliphatic rings. The largest absolute Gasteiger partial charge is 0.383 e. The normalized spacial score (nSPS) is 18.0. The summed E-state index contributed by atoms with van der Waals surface area (Å²) in [7, 11) is 1.69. The van der Waals surface area contributed by atoms with Crippen molar-refractivity contribution in [1.29, 1.82) is 0 Å². The molecule has 124 valence electrons. The van der Waals surface area contributed by atoms with Crippen molar-refractivity contribution < 1.29 is 4.74 Å². The fraction of sp³-hybridized carbons (Fsp3) is 0.588. The molecular formula is C17H28IN3O. The zero-order valence-corrected chi connectivity index (χ0v) is 15.9. The van der Waals surface area contributed by atoms with Gasteiger partial charge in [-0.25, -0.2) is 0 Å². The van der Waals surface area contributed by atoms with Gasteiger partial charge in [0.25, 0.3) is 0 Å². The molecular weight excluding hydrogens is 389 g/mol. The van der Waals surface area contributed by atoms with Crippen LogP contribution in [0.25, 0.3) is 0 Å². The number of hydrogen-bond acceptors (Lipinski definition) is 2. The Bertz CT molecular complexity index is 460. The van der Waals surface area contributed by atoms with Crippen molar-refractivity contribution in [3.63, 3.8) is 0 Å². The molecule has 0 aromatic heterocycles. The zero-order valence-electron chi connectivity index (χ0n) is 13.5. The predicted octanol–water partition coefficient (Wildman–Crippen LogP) is 2.96. The minimum atomic E-state index is 0. The highest BCUT2D eigenvalue weighted by molar-refractivity contribution is 14.0. The van der Waals surface area contributed by atoms with Gasteiger partial charge < -0.3 is 15.8 Å². The first-order valence-corrected chi connectivity index (χ1v) is 7.73. The average molecular weight is 417 g/mol. The molecule has 1 unspecified atom stereocenters. The molecule has 1 aliphatic carbocycles. The zero-order chi connectivity index (χ0) is 15.1. The van der Waals surface area contributed by atoms with E-state index in [1.165, 1.54) is 24.8 Å². The molecule has 0 amide bonds. The van der Waals surface area contributed by atoms with Crippen molar-refractivity contribution >= 4 is 29.9 Å². The molecule has 0 spiro atoms. The van der Waals surface area contributed by atoms with Crippen LogP contribution in [0.1, 0.15) is 31.7 Å². The van der Waals surface area contributed by atoms with Gasteiger partial charge in [-0.1, -0.05) is 36.8 Å². The molecule has 4 nitrogen and oxygen atoms in total. The van der Waals surface area contributed by atoms with E-state index in [1.807, 2.05) is 6.92 Å². The van der Waals surface area contributed by atoms with E-state index in [-0.39, 0.29) is 30.0 Å². The number of benzene rings is 1. The van der Waals surface area contributed by atoms with Crippen LogP contribution in [0.3, 0.4) is 0 Å². The van der Waals surface area contributed by atoms with E-state index < -0.39 is 0 Å². The van der Waals surface area contributed by atoms with Gasteiger partial charge in [0.05, 0.1) is 6.61 Å². The van der Waals surface area contributed by atoms with Crippen molar-refractivity contribution in [3.05, 3.63) is 35.9 Å². The highest BCUT2D eigenvalue weighted by Gasteiger charge is 2.36. The Morgan fingerprint density at radius 2 is 2.05 bits per heavy atom. The summed E-state index contributed by atoms with van der Waals surface area (Å²) < 4.78 is 5.09. The molecule has 1 aromatic rings. The summed E-state index contributed by atoms with van der Waals surface area (Å²) in [5, 5.41) is 3.17.